The molecule has 8 heteroatoms. The van der Waals surface area contributed by atoms with Gasteiger partial charge in [-0.3, -0.25) is 0 Å². The zero-order valence-corrected chi connectivity index (χ0v) is 17.5. The molecule has 2 aromatic carbocycles. The molecule has 0 fully saturated rings. The van der Waals surface area contributed by atoms with Crippen LogP contribution < -0.4 is 10.4 Å². The summed E-state index contributed by atoms with van der Waals surface area (Å²) in [6, 6.07) is 11.8. The second-order valence-corrected chi connectivity index (χ2v) is 8.15. The van der Waals surface area contributed by atoms with Crippen molar-refractivity contribution in [2.75, 3.05) is 0 Å². The average Bonchev–Trinajstić information content (AvgIpc) is 3.27. The molecule has 0 N–H and O–H groups in total. The lowest BCUT2D eigenvalue weighted by Crippen LogP contribution is -2.23. The number of benzene rings is 2. The van der Waals surface area contributed by atoms with Gasteiger partial charge in [0.2, 0.25) is 0 Å². The van der Waals surface area contributed by atoms with Gasteiger partial charge in [-0.1, -0.05) is 12.1 Å². The van der Waals surface area contributed by atoms with Gasteiger partial charge < -0.3 is 4.74 Å². The van der Waals surface area contributed by atoms with E-state index < -0.39 is 0 Å². The van der Waals surface area contributed by atoms with E-state index in [1.54, 1.807) is 18.4 Å². The second-order valence-electron chi connectivity index (χ2n) is 6.91. The number of tetrazole rings is 1. The van der Waals surface area contributed by atoms with Crippen LogP contribution in [0.15, 0.2) is 47.4 Å². The van der Waals surface area contributed by atoms with E-state index >= 15 is 0 Å². The Kier molecular flexibility index (Phi) is 5.02. The van der Waals surface area contributed by atoms with E-state index in [2.05, 4.69) is 21.5 Å². The molecule has 2 aromatic heterocycles. The first kappa shape index (κ1) is 19.1. The van der Waals surface area contributed by atoms with E-state index in [1.165, 1.54) is 14.2 Å². The summed E-state index contributed by atoms with van der Waals surface area (Å²) >= 11 is 1.67. The maximum Gasteiger partial charge on any atom is 0.368 e. The zero-order chi connectivity index (χ0) is 20.5. The summed E-state index contributed by atoms with van der Waals surface area (Å²) in [6.07, 6.45) is 1.88. The van der Waals surface area contributed by atoms with Gasteiger partial charge in [-0.25, -0.2) is 9.78 Å². The number of rotatable bonds is 5. The molecule has 2 heterocycles. The topological polar surface area (TPSA) is 74.8 Å². The van der Waals surface area contributed by atoms with Crippen molar-refractivity contribution in [1.29, 1.82) is 0 Å². The predicted octanol–water partition coefficient (Wildman–Crippen LogP) is 3.59. The van der Waals surface area contributed by atoms with Gasteiger partial charge in [-0.05, 0) is 66.6 Å². The molecule has 0 atom stereocenters. The van der Waals surface area contributed by atoms with Crippen LogP contribution in [0.1, 0.15) is 21.6 Å². The van der Waals surface area contributed by atoms with Crippen LogP contribution in [0.2, 0.25) is 0 Å². The molecule has 4 rings (SSSR count). The van der Waals surface area contributed by atoms with Crippen molar-refractivity contribution in [3.05, 3.63) is 74.6 Å². The largest absolute Gasteiger partial charge is 0.489 e. The Morgan fingerprint density at radius 3 is 2.55 bits per heavy atom. The van der Waals surface area contributed by atoms with E-state index in [1.807, 2.05) is 57.3 Å². The van der Waals surface area contributed by atoms with E-state index in [0.717, 1.165) is 33.0 Å². The summed E-state index contributed by atoms with van der Waals surface area (Å²) in [5.74, 6) is 0.794. The lowest BCUT2D eigenvalue weighted by molar-refractivity contribution is 0.302. The van der Waals surface area contributed by atoms with Gasteiger partial charge in [0, 0.05) is 29.2 Å². The summed E-state index contributed by atoms with van der Waals surface area (Å²) in [7, 11) is 1.58. The number of aryl methyl sites for hydroxylation is 4. The Hall–Kier alpha value is -3.26. The van der Waals surface area contributed by atoms with E-state index in [4.69, 9.17) is 4.74 Å². The molecule has 0 aliphatic carbocycles. The highest BCUT2D eigenvalue weighted by atomic mass is 32.1. The van der Waals surface area contributed by atoms with Crippen LogP contribution in [0.3, 0.4) is 0 Å². The molecule has 0 spiro atoms. The standard InChI is InChI=1S/C21H21N5O2S/c1-13-6-5-7-18(26-21(27)25(4)23-24-26)17(13)12-28-19-9-8-16(10-14(19)2)20-22-11-15(3)29-20/h5-11H,12H2,1-4H3. The molecule has 0 radical (unpaired) electrons. The van der Waals surface area contributed by atoms with Gasteiger partial charge >= 0.3 is 5.69 Å². The highest BCUT2D eigenvalue weighted by Gasteiger charge is 2.14. The first-order chi connectivity index (χ1) is 13.9. The third kappa shape index (κ3) is 3.71. The molecule has 4 aromatic rings. The third-order valence-corrected chi connectivity index (χ3v) is 5.71. The number of nitrogens with zero attached hydrogens (tertiary/aromatic N) is 5. The quantitative estimate of drug-likeness (QED) is 0.505. The average molecular weight is 407 g/mol. The summed E-state index contributed by atoms with van der Waals surface area (Å²) in [4.78, 5) is 17.9. The Balaban J connectivity index is 1.61. The minimum atomic E-state index is -0.295. The van der Waals surface area contributed by atoms with Gasteiger partial charge in [0.25, 0.3) is 0 Å². The molecule has 0 aliphatic rings. The van der Waals surface area contributed by atoms with Gasteiger partial charge in [0.15, 0.2) is 0 Å². The van der Waals surface area contributed by atoms with Crippen molar-refractivity contribution in [2.45, 2.75) is 27.4 Å². The predicted molar refractivity (Wildman–Crippen MR) is 113 cm³/mol. The van der Waals surface area contributed by atoms with Crippen molar-refractivity contribution < 1.29 is 4.74 Å². The molecule has 0 bridgehead atoms. The Bertz CT molecular complexity index is 1240. The van der Waals surface area contributed by atoms with Crippen LogP contribution in [0.5, 0.6) is 5.75 Å². The van der Waals surface area contributed by atoms with E-state index in [9.17, 15) is 4.79 Å². The number of ether oxygens (including phenoxy) is 1. The van der Waals surface area contributed by atoms with Gasteiger partial charge in [-0.15, -0.1) is 11.3 Å². The molecule has 0 unspecified atom stereocenters. The van der Waals surface area contributed by atoms with Crippen molar-refractivity contribution in [3.63, 3.8) is 0 Å². The van der Waals surface area contributed by atoms with E-state index in [0.29, 0.717) is 12.3 Å². The van der Waals surface area contributed by atoms with Crippen LogP contribution in [-0.2, 0) is 13.7 Å². The molecular weight excluding hydrogens is 386 g/mol. The molecule has 7 nitrogen and oxygen atoms in total. The molecule has 29 heavy (non-hydrogen) atoms. The highest BCUT2D eigenvalue weighted by Crippen LogP contribution is 2.30. The smallest absolute Gasteiger partial charge is 0.368 e. The summed E-state index contributed by atoms with van der Waals surface area (Å²) in [5.41, 5.74) is 4.41. The van der Waals surface area contributed by atoms with Gasteiger partial charge in [-0.2, -0.15) is 9.36 Å². The maximum atomic E-state index is 12.3. The fourth-order valence-corrected chi connectivity index (χ4v) is 3.88. The van der Waals surface area contributed by atoms with Crippen molar-refractivity contribution in [3.8, 4) is 22.0 Å². The van der Waals surface area contributed by atoms with Crippen molar-refractivity contribution >= 4 is 11.3 Å². The summed E-state index contributed by atoms with van der Waals surface area (Å²) in [6.45, 7) is 6.38. The SMILES string of the molecule is Cc1cnc(-c2ccc(OCc3c(C)cccc3-n3nnn(C)c3=O)c(C)c2)s1. The Morgan fingerprint density at radius 1 is 1.07 bits per heavy atom. The minimum absolute atomic E-state index is 0.295. The molecular formula is C21H21N5O2S. The second kappa shape index (κ2) is 7.63. The molecule has 148 valence electrons. The van der Waals surface area contributed by atoms with E-state index in [-0.39, 0.29) is 5.69 Å². The van der Waals surface area contributed by atoms with Crippen LogP contribution in [0.25, 0.3) is 16.3 Å². The fourth-order valence-electron chi connectivity index (χ4n) is 3.12. The summed E-state index contributed by atoms with van der Waals surface area (Å²) < 4.78 is 8.62. The third-order valence-electron chi connectivity index (χ3n) is 4.75. The first-order valence-corrected chi connectivity index (χ1v) is 10.00. The van der Waals surface area contributed by atoms with Crippen LogP contribution in [-0.4, -0.2) is 24.8 Å². The summed E-state index contributed by atoms with van der Waals surface area (Å²) in [5, 5.41) is 8.77. The molecule has 0 amide bonds. The van der Waals surface area contributed by atoms with Crippen molar-refractivity contribution in [1.82, 2.24) is 24.8 Å². The highest BCUT2D eigenvalue weighted by molar-refractivity contribution is 7.14. The van der Waals surface area contributed by atoms with Gasteiger partial charge in [0.05, 0.1) is 5.69 Å². The van der Waals surface area contributed by atoms with Crippen molar-refractivity contribution in [2.24, 2.45) is 7.05 Å². The molecule has 0 aliphatic heterocycles. The fraction of sp³-hybridized carbons (Fsp3) is 0.238. The molecule has 0 saturated carbocycles. The first-order valence-electron chi connectivity index (χ1n) is 9.18. The lowest BCUT2D eigenvalue weighted by atomic mass is 10.1. The molecule has 0 saturated heterocycles. The van der Waals surface area contributed by atoms with Crippen LogP contribution >= 0.6 is 11.3 Å². The monoisotopic (exact) mass is 407 g/mol. The zero-order valence-electron chi connectivity index (χ0n) is 16.7. The number of thiazole rings is 1. The van der Waals surface area contributed by atoms with Crippen LogP contribution in [0, 0.1) is 20.8 Å². The number of aromatic nitrogens is 5. The maximum absolute atomic E-state index is 12.3. The Morgan fingerprint density at radius 2 is 1.90 bits per heavy atom. The Labute approximate surface area is 172 Å². The normalized spacial score (nSPS) is 11.0. The minimum Gasteiger partial charge on any atom is -0.489 e. The van der Waals surface area contributed by atoms with Crippen LogP contribution in [0.4, 0.5) is 0 Å². The van der Waals surface area contributed by atoms with Gasteiger partial charge in [0.1, 0.15) is 17.4 Å². The number of hydrogen-bond acceptors (Lipinski definition) is 6. The number of hydrogen-bond donors (Lipinski definition) is 0. The lowest BCUT2D eigenvalue weighted by Gasteiger charge is -2.14.